The van der Waals surface area contributed by atoms with Gasteiger partial charge in [-0.1, -0.05) is 144 Å². The van der Waals surface area contributed by atoms with Crippen molar-refractivity contribution in [1.82, 2.24) is 0 Å². The highest BCUT2D eigenvalue weighted by Gasteiger charge is 2.19. The van der Waals surface area contributed by atoms with E-state index in [1.54, 1.807) is 0 Å². The van der Waals surface area contributed by atoms with E-state index in [-0.39, 0.29) is 37.5 Å². The molecule has 0 saturated carbocycles. The van der Waals surface area contributed by atoms with Gasteiger partial charge in [0.15, 0.2) is 6.10 Å². The first-order chi connectivity index (χ1) is 25.0. The van der Waals surface area contributed by atoms with E-state index in [0.717, 1.165) is 83.5 Å². The van der Waals surface area contributed by atoms with Gasteiger partial charge in [-0.25, -0.2) is 0 Å². The molecule has 1 unspecified atom stereocenters. The monoisotopic (exact) mass is 709 g/mol. The first kappa shape index (κ1) is 47.6. The molecular formula is C45H72O6. The van der Waals surface area contributed by atoms with E-state index >= 15 is 0 Å². The highest BCUT2D eigenvalue weighted by Crippen LogP contribution is 2.11. The van der Waals surface area contributed by atoms with Crippen LogP contribution in [-0.2, 0) is 28.6 Å². The zero-order valence-electron chi connectivity index (χ0n) is 32.6. The van der Waals surface area contributed by atoms with Gasteiger partial charge in [0, 0.05) is 19.3 Å². The molecule has 51 heavy (non-hydrogen) atoms. The zero-order chi connectivity index (χ0) is 37.3. The van der Waals surface area contributed by atoms with Gasteiger partial charge in [-0.2, -0.15) is 0 Å². The molecule has 0 radical (unpaired) electrons. The Labute approximate surface area is 312 Å². The predicted octanol–water partition coefficient (Wildman–Crippen LogP) is 12.5. The SMILES string of the molecule is CC\C=C/C=C\C=C/C=C\CCCCCCCC(=O)OCC(COC(=O)CCC/C=C\CCCCCC)OC(=O)CCCC/C=C\C/C=C\CC. The molecule has 0 heterocycles. The number of esters is 3. The van der Waals surface area contributed by atoms with Crippen LogP contribution in [-0.4, -0.2) is 37.2 Å². The second-order valence-corrected chi connectivity index (χ2v) is 12.9. The molecule has 0 aromatic carbocycles. The van der Waals surface area contributed by atoms with Crippen LogP contribution in [0, 0.1) is 0 Å². The van der Waals surface area contributed by atoms with Crippen LogP contribution in [0.15, 0.2) is 85.1 Å². The number of hydrogen-bond donors (Lipinski definition) is 0. The van der Waals surface area contributed by atoms with E-state index < -0.39 is 6.10 Å². The fourth-order valence-corrected chi connectivity index (χ4v) is 4.96. The number of hydrogen-bond acceptors (Lipinski definition) is 6. The van der Waals surface area contributed by atoms with Crippen molar-refractivity contribution in [3.05, 3.63) is 85.1 Å². The van der Waals surface area contributed by atoms with Gasteiger partial charge in [-0.15, -0.1) is 0 Å². The molecule has 0 aliphatic carbocycles. The fraction of sp³-hybridized carbons (Fsp3) is 0.622. The Morgan fingerprint density at radius 3 is 1.55 bits per heavy atom. The van der Waals surface area contributed by atoms with Crippen LogP contribution in [0.3, 0.4) is 0 Å². The summed E-state index contributed by atoms with van der Waals surface area (Å²) < 4.78 is 16.5. The number of carbonyl (C=O) groups excluding carboxylic acids is 3. The summed E-state index contributed by atoms with van der Waals surface area (Å²) in [5.41, 5.74) is 0. The molecular weight excluding hydrogens is 636 g/mol. The molecule has 0 rings (SSSR count). The molecule has 1 atom stereocenters. The van der Waals surface area contributed by atoms with Crippen molar-refractivity contribution in [2.45, 2.75) is 168 Å². The number of ether oxygens (including phenoxy) is 3. The summed E-state index contributed by atoms with van der Waals surface area (Å²) in [7, 11) is 0. The maximum absolute atomic E-state index is 12.6. The zero-order valence-corrected chi connectivity index (χ0v) is 32.6. The minimum Gasteiger partial charge on any atom is -0.462 e. The van der Waals surface area contributed by atoms with Crippen LogP contribution in [0.25, 0.3) is 0 Å². The number of allylic oxidation sites excluding steroid dienone is 14. The summed E-state index contributed by atoms with van der Waals surface area (Å²) in [6.07, 6.45) is 48.7. The molecule has 0 aliphatic heterocycles. The summed E-state index contributed by atoms with van der Waals surface area (Å²) >= 11 is 0. The molecule has 0 aliphatic rings. The Hall–Kier alpha value is -3.41. The molecule has 0 N–H and O–H groups in total. The lowest BCUT2D eigenvalue weighted by Gasteiger charge is -2.18. The maximum atomic E-state index is 12.6. The molecule has 0 saturated heterocycles. The average molecular weight is 709 g/mol. The lowest BCUT2D eigenvalue weighted by molar-refractivity contribution is -0.167. The van der Waals surface area contributed by atoms with Gasteiger partial charge in [0.25, 0.3) is 0 Å². The standard InChI is InChI=1S/C45H72O6/c1-4-7-10-13-16-19-20-21-22-23-24-27-29-32-35-38-44(47)50-41-42(51-45(48)39-36-33-30-26-18-15-12-9-6-3)40-49-43(46)37-34-31-28-25-17-14-11-8-5-2/h7,9-10,12-13,16,18-22,25-26,28,42H,4-6,8,11,14-15,17,23-24,27,29-41H2,1-3H3/b10-7-,12-9-,16-13-,20-19-,22-21-,26-18-,28-25-. The van der Waals surface area contributed by atoms with Gasteiger partial charge in [0.05, 0.1) is 0 Å². The van der Waals surface area contributed by atoms with Crippen molar-refractivity contribution in [2.24, 2.45) is 0 Å². The van der Waals surface area contributed by atoms with Crippen molar-refractivity contribution >= 4 is 17.9 Å². The van der Waals surface area contributed by atoms with Crippen LogP contribution in [0.2, 0.25) is 0 Å². The summed E-state index contributed by atoms with van der Waals surface area (Å²) in [6, 6.07) is 0. The van der Waals surface area contributed by atoms with Crippen molar-refractivity contribution in [3.63, 3.8) is 0 Å². The third kappa shape index (κ3) is 37.7. The van der Waals surface area contributed by atoms with Crippen molar-refractivity contribution in [2.75, 3.05) is 13.2 Å². The van der Waals surface area contributed by atoms with Crippen LogP contribution in [0.4, 0.5) is 0 Å². The minimum absolute atomic E-state index is 0.112. The molecule has 0 fully saturated rings. The van der Waals surface area contributed by atoms with Crippen LogP contribution in [0.1, 0.15) is 162 Å². The highest BCUT2D eigenvalue weighted by molar-refractivity contribution is 5.71. The molecule has 0 aromatic heterocycles. The van der Waals surface area contributed by atoms with E-state index in [1.807, 2.05) is 24.3 Å². The van der Waals surface area contributed by atoms with Crippen LogP contribution in [0.5, 0.6) is 0 Å². The van der Waals surface area contributed by atoms with Gasteiger partial charge in [0.2, 0.25) is 0 Å². The summed E-state index contributed by atoms with van der Waals surface area (Å²) in [5, 5.41) is 0. The lowest BCUT2D eigenvalue weighted by atomic mass is 10.1. The van der Waals surface area contributed by atoms with Gasteiger partial charge in [0.1, 0.15) is 13.2 Å². The molecule has 0 bridgehead atoms. The quantitative estimate of drug-likeness (QED) is 0.0218. The second kappa shape index (κ2) is 39.4. The second-order valence-electron chi connectivity index (χ2n) is 12.9. The number of unbranched alkanes of at least 4 members (excludes halogenated alkanes) is 12. The van der Waals surface area contributed by atoms with E-state index in [2.05, 4.69) is 81.5 Å². The predicted molar refractivity (Wildman–Crippen MR) is 214 cm³/mol. The Morgan fingerprint density at radius 2 is 0.882 bits per heavy atom. The Morgan fingerprint density at radius 1 is 0.431 bits per heavy atom. The normalized spacial score (nSPS) is 12.9. The fourth-order valence-electron chi connectivity index (χ4n) is 4.96. The summed E-state index contributed by atoms with van der Waals surface area (Å²) in [5.74, 6) is -1.02. The third-order valence-corrected chi connectivity index (χ3v) is 7.96. The van der Waals surface area contributed by atoms with Gasteiger partial charge >= 0.3 is 17.9 Å². The number of rotatable bonds is 34. The van der Waals surface area contributed by atoms with E-state index in [0.29, 0.717) is 25.7 Å². The average Bonchev–Trinajstić information content (AvgIpc) is 3.12. The van der Waals surface area contributed by atoms with Gasteiger partial charge < -0.3 is 14.2 Å². The molecule has 0 aromatic rings. The summed E-state index contributed by atoms with van der Waals surface area (Å²) in [4.78, 5) is 37.4. The van der Waals surface area contributed by atoms with E-state index in [9.17, 15) is 14.4 Å². The largest absolute Gasteiger partial charge is 0.462 e. The first-order valence-corrected chi connectivity index (χ1v) is 20.1. The van der Waals surface area contributed by atoms with Crippen LogP contribution >= 0.6 is 0 Å². The molecule has 288 valence electrons. The molecule has 6 nitrogen and oxygen atoms in total. The van der Waals surface area contributed by atoms with Crippen molar-refractivity contribution < 1.29 is 28.6 Å². The molecule has 0 spiro atoms. The van der Waals surface area contributed by atoms with Gasteiger partial charge in [-0.05, 0) is 83.5 Å². The molecule has 0 amide bonds. The Kier molecular flexibility index (Phi) is 36.7. The topological polar surface area (TPSA) is 78.9 Å². The first-order valence-electron chi connectivity index (χ1n) is 20.1. The van der Waals surface area contributed by atoms with Crippen molar-refractivity contribution in [3.8, 4) is 0 Å². The Bertz CT molecular complexity index is 1040. The van der Waals surface area contributed by atoms with Gasteiger partial charge in [-0.3, -0.25) is 14.4 Å². The summed E-state index contributed by atoms with van der Waals surface area (Å²) in [6.45, 7) is 6.22. The van der Waals surface area contributed by atoms with Crippen LogP contribution < -0.4 is 0 Å². The third-order valence-electron chi connectivity index (χ3n) is 7.96. The highest BCUT2D eigenvalue weighted by atomic mass is 16.6. The maximum Gasteiger partial charge on any atom is 0.306 e. The van der Waals surface area contributed by atoms with E-state index in [4.69, 9.17) is 14.2 Å². The number of carbonyl (C=O) groups is 3. The van der Waals surface area contributed by atoms with Crippen molar-refractivity contribution in [1.29, 1.82) is 0 Å². The Balaban J connectivity index is 4.47. The minimum atomic E-state index is -0.810. The lowest BCUT2D eigenvalue weighted by Crippen LogP contribution is -2.30. The van der Waals surface area contributed by atoms with E-state index in [1.165, 1.54) is 25.7 Å². The smallest absolute Gasteiger partial charge is 0.306 e. The molecule has 6 heteroatoms.